The molecule has 0 amide bonds. The van der Waals surface area contributed by atoms with E-state index in [0.717, 1.165) is 23.7 Å². The summed E-state index contributed by atoms with van der Waals surface area (Å²) in [5, 5.41) is 0.793. The Bertz CT molecular complexity index is 762. The van der Waals surface area contributed by atoms with Gasteiger partial charge < -0.3 is 4.74 Å². The molecule has 1 aliphatic heterocycles. The minimum absolute atomic E-state index is 0.0809. The average molecular weight is 475 g/mol. The maximum absolute atomic E-state index is 11.9. The average Bonchev–Trinajstić information content (AvgIpc) is 3.24. The Morgan fingerprint density at radius 3 is 2.72 bits per heavy atom. The maximum atomic E-state index is 11.9. The van der Waals surface area contributed by atoms with Crippen LogP contribution in [0.3, 0.4) is 0 Å². The van der Waals surface area contributed by atoms with Crippen molar-refractivity contribution in [2.24, 2.45) is 5.41 Å². The van der Waals surface area contributed by atoms with Gasteiger partial charge in [-0.1, -0.05) is 89.0 Å². The molecule has 0 N–H and O–H groups in total. The van der Waals surface area contributed by atoms with Crippen LogP contribution in [0.1, 0.15) is 86.0 Å². The van der Waals surface area contributed by atoms with E-state index in [4.69, 9.17) is 4.74 Å². The predicted octanol–water partition coefficient (Wildman–Crippen LogP) is 8.78. The van der Waals surface area contributed by atoms with Crippen LogP contribution in [0.5, 0.6) is 0 Å². The molecule has 1 fully saturated rings. The molecule has 2 rings (SSSR count). The third kappa shape index (κ3) is 10.2. The van der Waals surface area contributed by atoms with Crippen LogP contribution in [0.4, 0.5) is 0 Å². The number of hydrogen-bond donors (Lipinski definition) is 0. The molecule has 1 aliphatic carbocycles. The molecule has 1 unspecified atom stereocenters. The van der Waals surface area contributed by atoms with E-state index in [9.17, 15) is 4.79 Å². The van der Waals surface area contributed by atoms with Gasteiger partial charge in [0.2, 0.25) is 0 Å². The van der Waals surface area contributed by atoms with Crippen molar-refractivity contribution in [3.8, 4) is 0 Å². The number of hydrogen-bond acceptors (Lipinski definition) is 4. The molecule has 0 spiro atoms. The third-order valence-corrected chi connectivity index (χ3v) is 9.31. The van der Waals surface area contributed by atoms with Crippen molar-refractivity contribution in [1.29, 1.82) is 0 Å². The Labute approximate surface area is 204 Å². The lowest BCUT2D eigenvalue weighted by Gasteiger charge is -2.32. The van der Waals surface area contributed by atoms with Crippen LogP contribution < -0.4 is 0 Å². The second-order valence-corrected chi connectivity index (χ2v) is 12.5. The van der Waals surface area contributed by atoms with Gasteiger partial charge in [-0.15, -0.1) is 0 Å². The van der Waals surface area contributed by atoms with E-state index >= 15 is 0 Å². The summed E-state index contributed by atoms with van der Waals surface area (Å²) < 4.78 is 5.36. The van der Waals surface area contributed by atoms with Crippen LogP contribution >= 0.6 is 21.6 Å². The lowest BCUT2D eigenvalue weighted by atomic mass is 9.72. The van der Waals surface area contributed by atoms with Crippen molar-refractivity contribution < 1.29 is 9.53 Å². The van der Waals surface area contributed by atoms with Gasteiger partial charge in [-0.25, -0.2) is 0 Å². The van der Waals surface area contributed by atoms with Crippen LogP contribution in [0.25, 0.3) is 0 Å². The molecule has 2 nitrogen and oxygen atoms in total. The first-order chi connectivity index (χ1) is 15.3. The number of carbonyl (C=O) groups is 1. The second-order valence-electron chi connectivity index (χ2n) is 9.74. The van der Waals surface area contributed by atoms with Gasteiger partial charge >= 0.3 is 5.97 Å². The van der Waals surface area contributed by atoms with Gasteiger partial charge in [-0.3, -0.25) is 4.79 Å². The fourth-order valence-corrected chi connectivity index (χ4v) is 7.27. The summed E-state index contributed by atoms with van der Waals surface area (Å²) in [6.45, 7) is 11.5. The van der Waals surface area contributed by atoms with Gasteiger partial charge in [0.1, 0.15) is 6.61 Å². The molecule has 4 heteroatoms. The number of unbranched alkanes of at least 4 members (excludes halogenated alkanes) is 1. The molecule has 178 valence electrons. The number of rotatable bonds is 11. The van der Waals surface area contributed by atoms with Crippen LogP contribution in [0.15, 0.2) is 58.7 Å². The van der Waals surface area contributed by atoms with Gasteiger partial charge in [0.25, 0.3) is 0 Å². The van der Waals surface area contributed by atoms with Crippen molar-refractivity contribution in [2.45, 2.75) is 91.2 Å². The summed E-state index contributed by atoms with van der Waals surface area (Å²) in [6, 6.07) is 0. The zero-order chi connectivity index (χ0) is 23.4. The number of esters is 1. The van der Waals surface area contributed by atoms with E-state index < -0.39 is 0 Å². The van der Waals surface area contributed by atoms with E-state index in [1.54, 1.807) is 0 Å². The Balaban J connectivity index is 1.68. The van der Waals surface area contributed by atoms with Crippen LogP contribution in [-0.4, -0.2) is 23.6 Å². The van der Waals surface area contributed by atoms with Gasteiger partial charge in [-0.05, 0) is 76.4 Å². The van der Waals surface area contributed by atoms with Crippen molar-refractivity contribution >= 4 is 27.6 Å². The fourth-order valence-electron chi connectivity index (χ4n) is 4.24. The molecule has 2 aliphatic rings. The largest absolute Gasteiger partial charge is 0.461 e. The molecule has 1 atom stereocenters. The number of ether oxygens (including phenoxy) is 1. The van der Waals surface area contributed by atoms with Crippen molar-refractivity contribution in [3.05, 3.63) is 58.7 Å². The highest BCUT2D eigenvalue weighted by Crippen LogP contribution is 2.41. The number of allylic oxidation sites excluding steroid dienone is 9. The van der Waals surface area contributed by atoms with Gasteiger partial charge in [0.05, 0.1) is 0 Å². The Morgan fingerprint density at radius 1 is 1.19 bits per heavy atom. The molecule has 1 heterocycles. The smallest absolute Gasteiger partial charge is 0.306 e. The molecule has 0 radical (unpaired) electrons. The minimum Gasteiger partial charge on any atom is -0.461 e. The normalized spacial score (nSPS) is 22.3. The van der Waals surface area contributed by atoms with Crippen LogP contribution in [0, 0.1) is 5.41 Å². The Kier molecular flexibility index (Phi) is 12.0. The quantitative estimate of drug-likeness (QED) is 0.129. The van der Waals surface area contributed by atoms with Crippen LogP contribution in [-0.2, 0) is 9.53 Å². The zero-order valence-corrected chi connectivity index (χ0v) is 22.4. The van der Waals surface area contributed by atoms with Gasteiger partial charge in [0, 0.05) is 17.4 Å². The Morgan fingerprint density at radius 2 is 2.00 bits per heavy atom. The summed E-state index contributed by atoms with van der Waals surface area (Å²) in [4.78, 5) is 11.9. The first kappa shape index (κ1) is 27.1. The minimum atomic E-state index is -0.0809. The highest BCUT2D eigenvalue weighted by molar-refractivity contribution is 8.77. The highest BCUT2D eigenvalue weighted by Gasteiger charge is 2.26. The van der Waals surface area contributed by atoms with Gasteiger partial charge in [0.15, 0.2) is 0 Å². The van der Waals surface area contributed by atoms with Crippen molar-refractivity contribution in [1.82, 2.24) is 0 Å². The SMILES string of the molecule is CC(C=CC1=C(C)CCCC1(C)C)=CC=CC(C)=CCOC(=O)CCCCC1CCSS1. The van der Waals surface area contributed by atoms with E-state index in [2.05, 4.69) is 58.1 Å². The maximum Gasteiger partial charge on any atom is 0.306 e. The third-order valence-electron chi connectivity index (χ3n) is 6.31. The topological polar surface area (TPSA) is 26.3 Å². The zero-order valence-electron chi connectivity index (χ0n) is 20.7. The summed E-state index contributed by atoms with van der Waals surface area (Å²) in [5.74, 6) is 1.20. The lowest BCUT2D eigenvalue weighted by molar-refractivity contribution is -0.142. The molecule has 1 saturated heterocycles. The standard InChI is InChI=1S/C28H42O2S2/c1-22(15-16-26-24(3)12-9-19-28(26,4)5)10-8-11-23(2)17-20-30-27(29)14-7-6-13-25-18-21-31-32-25/h8,10-11,15-17,25H,6-7,9,12-14,18-21H2,1-5H3. The Hall–Kier alpha value is -1.13. The van der Waals surface area contributed by atoms with Gasteiger partial charge in [-0.2, -0.15) is 0 Å². The molecule has 32 heavy (non-hydrogen) atoms. The molecule has 0 bridgehead atoms. The first-order valence-electron chi connectivity index (χ1n) is 12.1. The van der Waals surface area contributed by atoms with E-state index in [1.807, 2.05) is 34.6 Å². The highest BCUT2D eigenvalue weighted by atomic mass is 33.1. The summed E-state index contributed by atoms with van der Waals surface area (Å²) >= 11 is 0. The monoisotopic (exact) mass is 474 g/mol. The van der Waals surface area contributed by atoms with Crippen molar-refractivity contribution in [3.63, 3.8) is 0 Å². The molecule has 0 aromatic heterocycles. The second kappa shape index (κ2) is 14.2. The summed E-state index contributed by atoms with van der Waals surface area (Å²) in [6.07, 6.45) is 21.7. The molecule has 0 saturated carbocycles. The van der Waals surface area contributed by atoms with E-state index in [0.29, 0.717) is 13.0 Å². The molecule has 0 aromatic carbocycles. The lowest BCUT2D eigenvalue weighted by Crippen LogP contribution is -2.19. The molecular weight excluding hydrogens is 432 g/mol. The number of carbonyl (C=O) groups excluding carboxylic acids is 1. The predicted molar refractivity (Wildman–Crippen MR) is 144 cm³/mol. The van der Waals surface area contributed by atoms with Crippen LogP contribution in [0.2, 0.25) is 0 Å². The fraction of sp³-hybridized carbons (Fsp3) is 0.607. The van der Waals surface area contributed by atoms with E-state index in [1.165, 1.54) is 54.6 Å². The summed E-state index contributed by atoms with van der Waals surface area (Å²) in [5.41, 5.74) is 5.64. The van der Waals surface area contributed by atoms with Crippen molar-refractivity contribution in [2.75, 3.05) is 12.4 Å². The summed E-state index contributed by atoms with van der Waals surface area (Å²) in [7, 11) is 3.99. The first-order valence-corrected chi connectivity index (χ1v) is 14.5. The van der Waals surface area contributed by atoms with E-state index in [-0.39, 0.29) is 11.4 Å². The molecule has 0 aromatic rings. The molecular formula is C28H42O2S2.